The van der Waals surface area contributed by atoms with Gasteiger partial charge in [0.25, 0.3) is 0 Å². The van der Waals surface area contributed by atoms with Crippen LogP contribution in [0.25, 0.3) is 0 Å². The van der Waals surface area contributed by atoms with Crippen LogP contribution >= 0.6 is 0 Å². The van der Waals surface area contributed by atoms with Gasteiger partial charge in [-0.15, -0.1) is 0 Å². The lowest BCUT2D eigenvalue weighted by Crippen LogP contribution is -2.38. The second-order valence-electron chi connectivity index (χ2n) is 6.33. The fourth-order valence-corrected chi connectivity index (χ4v) is 2.76. The van der Waals surface area contributed by atoms with Crippen LogP contribution in [0.5, 0.6) is 0 Å². The van der Waals surface area contributed by atoms with Crippen LogP contribution in [-0.4, -0.2) is 17.2 Å². The van der Waals surface area contributed by atoms with Crippen molar-refractivity contribution in [3.05, 3.63) is 29.6 Å². The molecule has 1 aliphatic rings. The van der Waals surface area contributed by atoms with Gasteiger partial charge >= 0.3 is 0 Å². The van der Waals surface area contributed by atoms with Gasteiger partial charge in [-0.3, -0.25) is 0 Å². The lowest BCUT2D eigenvalue weighted by Gasteiger charge is -2.28. The van der Waals surface area contributed by atoms with Crippen LogP contribution in [0.1, 0.15) is 39.7 Å². The number of aryl methyl sites for hydroxylation is 1. The minimum absolute atomic E-state index is 0.116. The molecule has 3 heteroatoms. The lowest BCUT2D eigenvalue weighted by molar-refractivity contribution is -0.0662. The Labute approximate surface area is 109 Å². The van der Waals surface area contributed by atoms with Crippen molar-refractivity contribution >= 4 is 5.69 Å². The standard InChI is InChI=1S/C15H22FNO/c1-10-8-11(16)6-7-12(10)17-13-9-14(2,3)18-15(13,4)5/h6-8,13,17H,9H2,1-5H3. The number of ether oxygens (including phenoxy) is 1. The van der Waals surface area contributed by atoms with E-state index in [0.29, 0.717) is 0 Å². The van der Waals surface area contributed by atoms with E-state index in [2.05, 4.69) is 33.0 Å². The summed E-state index contributed by atoms with van der Waals surface area (Å²) in [6.45, 7) is 10.3. The largest absolute Gasteiger partial charge is 0.379 e. The highest BCUT2D eigenvalue weighted by molar-refractivity contribution is 5.52. The molecule has 1 aromatic rings. The van der Waals surface area contributed by atoms with E-state index in [1.807, 2.05) is 6.92 Å². The van der Waals surface area contributed by atoms with Crippen LogP contribution in [0, 0.1) is 12.7 Å². The molecule has 0 aromatic heterocycles. The second kappa shape index (κ2) is 4.23. The normalized spacial score (nSPS) is 25.1. The van der Waals surface area contributed by atoms with E-state index < -0.39 is 0 Å². The average Bonchev–Trinajstić information content (AvgIpc) is 2.39. The van der Waals surface area contributed by atoms with E-state index in [9.17, 15) is 4.39 Å². The summed E-state index contributed by atoms with van der Waals surface area (Å²) in [6.07, 6.45) is 0.941. The summed E-state index contributed by atoms with van der Waals surface area (Å²) < 4.78 is 19.1. The summed E-state index contributed by atoms with van der Waals surface area (Å²) in [5.74, 6) is -0.194. The van der Waals surface area contributed by atoms with E-state index in [1.54, 1.807) is 12.1 Å². The maximum absolute atomic E-state index is 13.1. The average molecular weight is 251 g/mol. The molecule has 2 rings (SSSR count). The predicted molar refractivity (Wildman–Crippen MR) is 72.4 cm³/mol. The van der Waals surface area contributed by atoms with Gasteiger partial charge in [-0.2, -0.15) is 0 Å². The number of hydrogen-bond acceptors (Lipinski definition) is 2. The molecule has 0 bridgehead atoms. The molecule has 0 amide bonds. The first-order valence-electron chi connectivity index (χ1n) is 6.42. The van der Waals surface area contributed by atoms with Gasteiger partial charge in [0.05, 0.1) is 17.2 Å². The molecule has 1 aliphatic heterocycles. The van der Waals surface area contributed by atoms with Gasteiger partial charge in [0.1, 0.15) is 5.82 Å². The molecule has 1 saturated heterocycles. The van der Waals surface area contributed by atoms with Crippen LogP contribution in [-0.2, 0) is 4.74 Å². The molecular formula is C15H22FNO. The van der Waals surface area contributed by atoms with Crippen molar-refractivity contribution in [1.29, 1.82) is 0 Å². The predicted octanol–water partition coefficient (Wildman–Crippen LogP) is 3.89. The fraction of sp³-hybridized carbons (Fsp3) is 0.600. The van der Waals surface area contributed by atoms with Gasteiger partial charge in [0, 0.05) is 5.69 Å². The highest BCUT2D eigenvalue weighted by Crippen LogP contribution is 2.39. The molecule has 1 N–H and O–H groups in total. The topological polar surface area (TPSA) is 21.3 Å². The Bertz CT molecular complexity index is 454. The van der Waals surface area contributed by atoms with E-state index in [0.717, 1.165) is 17.7 Å². The minimum atomic E-state index is -0.218. The van der Waals surface area contributed by atoms with Crippen LogP contribution in [0.4, 0.5) is 10.1 Å². The van der Waals surface area contributed by atoms with Gasteiger partial charge in [0.2, 0.25) is 0 Å². The maximum atomic E-state index is 13.1. The van der Waals surface area contributed by atoms with Gasteiger partial charge in [-0.1, -0.05) is 0 Å². The highest BCUT2D eigenvalue weighted by atomic mass is 19.1. The molecule has 1 fully saturated rings. The third-order valence-corrected chi connectivity index (χ3v) is 3.59. The molecule has 18 heavy (non-hydrogen) atoms. The van der Waals surface area contributed by atoms with Crippen LogP contribution in [0.2, 0.25) is 0 Å². The number of anilines is 1. The zero-order chi connectivity index (χ0) is 13.6. The second-order valence-corrected chi connectivity index (χ2v) is 6.33. The number of benzene rings is 1. The van der Waals surface area contributed by atoms with Gasteiger partial charge in [-0.25, -0.2) is 4.39 Å². The Morgan fingerprint density at radius 2 is 1.94 bits per heavy atom. The number of rotatable bonds is 2. The van der Waals surface area contributed by atoms with E-state index in [-0.39, 0.29) is 23.1 Å². The third kappa shape index (κ3) is 2.66. The molecule has 0 spiro atoms. The summed E-state index contributed by atoms with van der Waals surface area (Å²) in [7, 11) is 0. The van der Waals surface area contributed by atoms with Crippen molar-refractivity contribution in [1.82, 2.24) is 0 Å². The quantitative estimate of drug-likeness (QED) is 0.861. The number of nitrogens with one attached hydrogen (secondary N) is 1. The maximum Gasteiger partial charge on any atom is 0.123 e. The van der Waals surface area contributed by atoms with Crippen molar-refractivity contribution in [2.75, 3.05) is 5.32 Å². The summed E-state index contributed by atoms with van der Waals surface area (Å²) in [5.41, 5.74) is 1.57. The molecule has 0 saturated carbocycles. The summed E-state index contributed by atoms with van der Waals surface area (Å²) in [4.78, 5) is 0. The Morgan fingerprint density at radius 3 is 2.44 bits per heavy atom. The highest BCUT2D eigenvalue weighted by Gasteiger charge is 2.45. The van der Waals surface area contributed by atoms with Gasteiger partial charge in [-0.05, 0) is 64.8 Å². The number of halogens is 1. The molecular weight excluding hydrogens is 229 g/mol. The molecule has 1 atom stereocenters. The zero-order valence-corrected chi connectivity index (χ0v) is 11.8. The van der Waals surface area contributed by atoms with E-state index in [1.165, 1.54) is 6.07 Å². The molecule has 100 valence electrons. The Hall–Kier alpha value is -1.09. The number of hydrogen-bond donors (Lipinski definition) is 1. The Kier molecular flexibility index (Phi) is 3.14. The van der Waals surface area contributed by atoms with Crippen molar-refractivity contribution in [2.45, 2.75) is 58.3 Å². The zero-order valence-electron chi connectivity index (χ0n) is 11.8. The molecule has 0 radical (unpaired) electrons. The fourth-order valence-electron chi connectivity index (χ4n) is 2.76. The molecule has 1 aromatic carbocycles. The van der Waals surface area contributed by atoms with Crippen LogP contribution in [0.15, 0.2) is 18.2 Å². The van der Waals surface area contributed by atoms with Crippen LogP contribution < -0.4 is 5.32 Å². The van der Waals surface area contributed by atoms with Gasteiger partial charge in [0.15, 0.2) is 0 Å². The minimum Gasteiger partial charge on any atom is -0.379 e. The first-order chi connectivity index (χ1) is 8.20. The molecule has 0 aliphatic carbocycles. The Balaban J connectivity index is 2.19. The summed E-state index contributed by atoms with van der Waals surface area (Å²) >= 11 is 0. The third-order valence-electron chi connectivity index (χ3n) is 3.59. The SMILES string of the molecule is Cc1cc(F)ccc1NC1CC(C)(C)OC1(C)C. The molecule has 1 heterocycles. The summed E-state index contributed by atoms with van der Waals surface area (Å²) in [6, 6.07) is 5.07. The first-order valence-corrected chi connectivity index (χ1v) is 6.42. The van der Waals surface area contributed by atoms with Crippen LogP contribution in [0.3, 0.4) is 0 Å². The molecule has 1 unspecified atom stereocenters. The Morgan fingerprint density at radius 1 is 1.28 bits per heavy atom. The smallest absolute Gasteiger partial charge is 0.123 e. The van der Waals surface area contributed by atoms with E-state index >= 15 is 0 Å². The summed E-state index contributed by atoms with van der Waals surface area (Å²) in [5, 5.41) is 3.49. The van der Waals surface area contributed by atoms with Crippen molar-refractivity contribution in [3.8, 4) is 0 Å². The monoisotopic (exact) mass is 251 g/mol. The molecule has 2 nitrogen and oxygen atoms in total. The lowest BCUT2D eigenvalue weighted by atomic mass is 9.94. The van der Waals surface area contributed by atoms with E-state index in [4.69, 9.17) is 4.74 Å². The first kappa shape index (κ1) is 13.3. The van der Waals surface area contributed by atoms with Crippen molar-refractivity contribution < 1.29 is 9.13 Å². The van der Waals surface area contributed by atoms with Crippen molar-refractivity contribution in [3.63, 3.8) is 0 Å². The van der Waals surface area contributed by atoms with Gasteiger partial charge < -0.3 is 10.1 Å². The van der Waals surface area contributed by atoms with Crippen molar-refractivity contribution in [2.24, 2.45) is 0 Å².